The van der Waals surface area contributed by atoms with E-state index in [2.05, 4.69) is 58.7 Å². The second kappa shape index (κ2) is 9.11. The fraction of sp³-hybridized carbons (Fsp3) is 0.531. The first-order valence-electron chi connectivity index (χ1n) is 14.9. The zero-order valence-electron chi connectivity index (χ0n) is 23.7. The van der Waals surface area contributed by atoms with Gasteiger partial charge in [-0.3, -0.25) is 25.1 Å². The number of fused-ring (bicyclic) bond motifs is 2. The largest absolute Gasteiger partial charge is 0.392 e. The van der Waals surface area contributed by atoms with Crippen molar-refractivity contribution in [3.63, 3.8) is 0 Å². The molecule has 216 valence electrons. The molecule has 5 bridgehead atoms. The molecule has 0 radical (unpaired) electrons. The minimum Gasteiger partial charge on any atom is -0.392 e. The number of rotatable bonds is 3. The molecule has 2 aromatic rings. The van der Waals surface area contributed by atoms with Crippen LogP contribution in [0.25, 0.3) is 0 Å². The number of urea groups is 1. The Kier molecular flexibility index (Phi) is 5.92. The number of hydrogen-bond acceptors (Lipinski definition) is 7. The number of amides is 4. The van der Waals surface area contributed by atoms with Gasteiger partial charge in [0.15, 0.2) is 5.41 Å². The molecule has 0 aromatic heterocycles. The molecule has 9 nitrogen and oxygen atoms in total. The first-order valence-corrected chi connectivity index (χ1v) is 14.9. The number of aliphatic hydroxyl groups excluding tert-OH is 2. The van der Waals surface area contributed by atoms with Crippen LogP contribution in [0.3, 0.4) is 0 Å². The van der Waals surface area contributed by atoms with Crippen molar-refractivity contribution in [3.8, 4) is 0 Å². The van der Waals surface area contributed by atoms with Gasteiger partial charge in [0.1, 0.15) is 6.23 Å². The van der Waals surface area contributed by atoms with Gasteiger partial charge in [0, 0.05) is 42.1 Å². The summed E-state index contributed by atoms with van der Waals surface area (Å²) in [6, 6.07) is 17.7. The number of carbonyl (C=O) groups excluding carboxylic acids is 3. The summed E-state index contributed by atoms with van der Waals surface area (Å²) in [6.45, 7) is 3.93. The summed E-state index contributed by atoms with van der Waals surface area (Å²) < 4.78 is 0. The number of carbonyl (C=O) groups is 3. The van der Waals surface area contributed by atoms with E-state index in [1.807, 2.05) is 0 Å². The number of para-hydroxylation sites is 1. The van der Waals surface area contributed by atoms with Crippen LogP contribution >= 0.6 is 0 Å². The molecule has 6 unspecified atom stereocenters. The molecule has 4 amide bonds. The Morgan fingerprint density at radius 3 is 2.24 bits per heavy atom. The summed E-state index contributed by atoms with van der Waals surface area (Å²) in [5.41, 5.74) is 1.79. The molecule has 6 fully saturated rings. The van der Waals surface area contributed by atoms with Gasteiger partial charge in [-0.2, -0.15) is 0 Å². The lowest BCUT2D eigenvalue weighted by Gasteiger charge is -2.62. The van der Waals surface area contributed by atoms with Crippen molar-refractivity contribution < 1.29 is 24.6 Å². The van der Waals surface area contributed by atoms with Crippen LogP contribution in [0.4, 0.5) is 10.5 Å². The van der Waals surface area contributed by atoms with Gasteiger partial charge in [-0.1, -0.05) is 62.4 Å². The molecule has 6 heterocycles. The van der Waals surface area contributed by atoms with Crippen molar-refractivity contribution >= 4 is 23.5 Å². The number of nitrogens with one attached hydrogen (secondary N) is 2. The van der Waals surface area contributed by atoms with Gasteiger partial charge in [0.05, 0.1) is 12.1 Å². The number of likely N-dealkylation sites (N-methyl/N-ethyl adjacent to an activating group) is 1. The fourth-order valence-electron chi connectivity index (χ4n) is 9.94. The summed E-state index contributed by atoms with van der Waals surface area (Å²) in [7, 11) is 2.19. The molecule has 9 heteroatoms. The Bertz CT molecular complexity index is 1400. The highest BCUT2D eigenvalue weighted by Crippen LogP contribution is 2.68. The van der Waals surface area contributed by atoms with E-state index in [1.165, 1.54) is 11.3 Å². The number of imide groups is 2. The number of hydrogen-bond donors (Lipinski definition) is 4. The minimum atomic E-state index is -1.31. The normalized spacial score (nSPS) is 40.4. The van der Waals surface area contributed by atoms with Gasteiger partial charge >= 0.3 is 6.03 Å². The lowest BCUT2D eigenvalue weighted by Crippen LogP contribution is -2.72. The molecule has 10 atom stereocenters. The molecule has 9 rings (SSSR count). The Morgan fingerprint density at radius 1 is 0.927 bits per heavy atom. The Balaban J connectivity index is 0.000000144. The lowest BCUT2D eigenvalue weighted by molar-refractivity contribution is -0.211. The zero-order chi connectivity index (χ0) is 28.8. The first-order chi connectivity index (χ1) is 19.7. The number of barbiturate groups is 1. The number of nitrogens with zero attached hydrogens (tertiary/aromatic N) is 2. The molecule has 7 aliphatic rings. The van der Waals surface area contributed by atoms with Crippen molar-refractivity contribution in [3.05, 3.63) is 65.7 Å². The Hall–Kier alpha value is -3.27. The summed E-state index contributed by atoms with van der Waals surface area (Å²) in [5.74, 6) is -0.00345. The van der Waals surface area contributed by atoms with E-state index in [1.54, 1.807) is 37.3 Å². The number of piperidine rings is 4. The molecule has 5 saturated heterocycles. The van der Waals surface area contributed by atoms with E-state index in [0.29, 0.717) is 47.9 Å². The number of aliphatic hydroxyl groups is 2. The van der Waals surface area contributed by atoms with Crippen LogP contribution in [-0.2, 0) is 20.4 Å². The average molecular weight is 559 g/mol. The maximum atomic E-state index is 12.0. The highest BCUT2D eigenvalue weighted by atomic mass is 16.3. The third-order valence-electron chi connectivity index (χ3n) is 11.5. The molecule has 1 aliphatic carbocycles. The van der Waals surface area contributed by atoms with E-state index in [4.69, 9.17) is 0 Å². The summed E-state index contributed by atoms with van der Waals surface area (Å²) >= 11 is 0. The molecule has 4 N–H and O–H groups in total. The van der Waals surface area contributed by atoms with Crippen LogP contribution in [0.15, 0.2) is 54.6 Å². The molecule has 6 aliphatic heterocycles. The van der Waals surface area contributed by atoms with Gasteiger partial charge in [-0.15, -0.1) is 0 Å². The van der Waals surface area contributed by atoms with Crippen LogP contribution in [-0.4, -0.2) is 70.5 Å². The van der Waals surface area contributed by atoms with Crippen LogP contribution in [0.5, 0.6) is 0 Å². The Morgan fingerprint density at radius 2 is 1.59 bits per heavy atom. The third kappa shape index (κ3) is 3.20. The van der Waals surface area contributed by atoms with E-state index >= 15 is 0 Å². The standard InChI is InChI=1S/C20H26N2O2.C12H12N2O3/c1-3-10-11-8-14-17-20(12-6-4-5-7-13(12)21(17)2)9-15(16(11)18(20)23)22(14)19(10)24;1-2-12(8-6-4-3-5-7-8)9(15)13-11(17)14-10(12)16/h4-7,10-11,14-19,23-24H,3,8-9H2,1-2H3;3-7H,2H2,1H3,(H2,13,14,15,16,17)/t10-,11+,14?,15+,16?,17?,18?,19+,20?;/m1./s1. The molecular weight excluding hydrogens is 520 g/mol. The maximum Gasteiger partial charge on any atom is 0.328 e. The second-order valence-electron chi connectivity index (χ2n) is 12.7. The average Bonchev–Trinajstić information content (AvgIpc) is 3.36. The molecule has 2 aromatic carbocycles. The first kappa shape index (κ1) is 26.6. The molecule has 1 saturated carbocycles. The van der Waals surface area contributed by atoms with Gasteiger partial charge in [0.25, 0.3) is 0 Å². The minimum absolute atomic E-state index is 0.126. The van der Waals surface area contributed by atoms with E-state index in [-0.39, 0.29) is 17.7 Å². The highest BCUT2D eigenvalue weighted by Gasteiger charge is 2.76. The topological polar surface area (TPSA) is 122 Å². The third-order valence-corrected chi connectivity index (χ3v) is 11.5. The Labute approximate surface area is 239 Å². The van der Waals surface area contributed by atoms with Gasteiger partial charge < -0.3 is 15.1 Å². The van der Waals surface area contributed by atoms with E-state index < -0.39 is 23.3 Å². The highest BCUT2D eigenvalue weighted by molar-refractivity contribution is 6.22. The summed E-state index contributed by atoms with van der Waals surface area (Å²) in [5, 5.41) is 26.9. The van der Waals surface area contributed by atoms with Gasteiger partial charge in [-0.05, 0) is 48.8 Å². The van der Waals surface area contributed by atoms with Crippen molar-refractivity contribution in [1.82, 2.24) is 15.5 Å². The van der Waals surface area contributed by atoms with Crippen LogP contribution in [0.1, 0.15) is 50.7 Å². The molecule has 41 heavy (non-hydrogen) atoms. The second-order valence-corrected chi connectivity index (χ2v) is 12.7. The van der Waals surface area contributed by atoms with Gasteiger partial charge in [-0.25, -0.2) is 4.79 Å². The van der Waals surface area contributed by atoms with Crippen LogP contribution < -0.4 is 15.5 Å². The van der Waals surface area contributed by atoms with Crippen molar-refractivity contribution in [1.29, 1.82) is 0 Å². The van der Waals surface area contributed by atoms with Gasteiger partial charge in [0.2, 0.25) is 11.8 Å². The van der Waals surface area contributed by atoms with Crippen molar-refractivity contribution in [2.75, 3.05) is 11.9 Å². The smallest absolute Gasteiger partial charge is 0.328 e. The summed E-state index contributed by atoms with van der Waals surface area (Å²) in [4.78, 5) is 39.8. The maximum absolute atomic E-state index is 12.0. The van der Waals surface area contributed by atoms with Crippen LogP contribution in [0, 0.1) is 17.8 Å². The predicted octanol–water partition coefficient (Wildman–Crippen LogP) is 2.25. The number of benzene rings is 2. The quantitative estimate of drug-likeness (QED) is 0.427. The molecule has 1 spiro atoms. The fourth-order valence-corrected chi connectivity index (χ4v) is 9.94. The van der Waals surface area contributed by atoms with Crippen molar-refractivity contribution in [2.24, 2.45) is 17.8 Å². The van der Waals surface area contributed by atoms with Crippen LogP contribution in [0.2, 0.25) is 0 Å². The molecular formula is C32H38N4O5. The SMILES string of the molecule is CCC1(c2ccccc2)C(=O)NC(=O)NC1=O.CC[C@@H]1[C@@H]2CC3C4N(C)c5ccccc5C45C[C@@H](C2C5O)N3[C@H]1O. The predicted molar refractivity (Wildman–Crippen MR) is 152 cm³/mol. The number of anilines is 1. The van der Waals surface area contributed by atoms with E-state index in [0.717, 1.165) is 19.3 Å². The van der Waals surface area contributed by atoms with E-state index in [9.17, 15) is 24.6 Å². The monoisotopic (exact) mass is 558 g/mol. The lowest BCUT2D eigenvalue weighted by atomic mass is 9.62. The summed E-state index contributed by atoms with van der Waals surface area (Å²) in [6.07, 6.45) is 2.85. The zero-order valence-corrected chi connectivity index (χ0v) is 23.7. The van der Waals surface area contributed by atoms with Crippen molar-refractivity contribution in [2.45, 2.75) is 80.8 Å².